The number of aromatic hydroxyl groups is 1. The van der Waals surface area contributed by atoms with Gasteiger partial charge in [0.1, 0.15) is 0 Å². The van der Waals surface area contributed by atoms with Gasteiger partial charge >= 0.3 is 0 Å². The van der Waals surface area contributed by atoms with Crippen LogP contribution in [0.4, 0.5) is 5.69 Å². The summed E-state index contributed by atoms with van der Waals surface area (Å²) in [6.07, 6.45) is 0. The minimum atomic E-state index is -0.180. The molecule has 82 valence electrons. The van der Waals surface area contributed by atoms with E-state index in [2.05, 4.69) is 5.32 Å². The molecule has 15 heavy (non-hydrogen) atoms. The van der Waals surface area contributed by atoms with E-state index in [0.717, 1.165) is 0 Å². The van der Waals surface area contributed by atoms with Gasteiger partial charge in [0.25, 0.3) is 0 Å². The summed E-state index contributed by atoms with van der Waals surface area (Å²) in [5.41, 5.74) is 0.474. The fourth-order valence-corrected chi connectivity index (χ4v) is 1.41. The molecule has 0 unspecified atom stereocenters. The van der Waals surface area contributed by atoms with E-state index in [4.69, 9.17) is 23.2 Å². The summed E-state index contributed by atoms with van der Waals surface area (Å²) in [5, 5.41) is 12.2. The molecule has 0 aliphatic heterocycles. The second kappa shape index (κ2) is 4.73. The standard InChI is InChI=1S/C10H11Cl2NO2/c1-5(2)10(15)13-6-3-7(11)9(14)8(12)4-6/h3-5,14H,1-2H3,(H,13,15). The number of hydrogen-bond acceptors (Lipinski definition) is 2. The molecule has 5 heteroatoms. The topological polar surface area (TPSA) is 49.3 Å². The molecular formula is C10H11Cl2NO2. The minimum absolute atomic E-state index is 0.113. The van der Waals surface area contributed by atoms with Crippen LogP contribution in [0, 0.1) is 5.92 Å². The monoisotopic (exact) mass is 247 g/mol. The van der Waals surface area contributed by atoms with Gasteiger partial charge in [-0.3, -0.25) is 4.79 Å². The lowest BCUT2D eigenvalue weighted by Gasteiger charge is -2.09. The molecule has 0 radical (unpaired) electrons. The first kappa shape index (κ1) is 12.1. The molecule has 1 aromatic rings. The molecule has 3 nitrogen and oxygen atoms in total. The number of carbonyl (C=O) groups excluding carboxylic acids is 1. The first-order valence-corrected chi connectivity index (χ1v) is 5.16. The van der Waals surface area contributed by atoms with Crippen LogP contribution in [-0.4, -0.2) is 11.0 Å². The van der Waals surface area contributed by atoms with Crippen molar-refractivity contribution in [3.05, 3.63) is 22.2 Å². The average molecular weight is 248 g/mol. The highest BCUT2D eigenvalue weighted by atomic mass is 35.5. The molecule has 1 amide bonds. The van der Waals surface area contributed by atoms with Crippen molar-refractivity contribution in [2.75, 3.05) is 5.32 Å². The summed E-state index contributed by atoms with van der Waals surface area (Å²) >= 11 is 11.4. The third-order valence-corrected chi connectivity index (χ3v) is 2.39. The van der Waals surface area contributed by atoms with Crippen LogP contribution in [0.15, 0.2) is 12.1 Å². The van der Waals surface area contributed by atoms with Gasteiger partial charge in [-0.2, -0.15) is 0 Å². The summed E-state index contributed by atoms with van der Waals surface area (Å²) in [5.74, 6) is -0.440. The quantitative estimate of drug-likeness (QED) is 0.789. The van der Waals surface area contributed by atoms with E-state index in [1.807, 2.05) is 0 Å². The Hall–Kier alpha value is -0.930. The Morgan fingerprint density at radius 3 is 2.20 bits per heavy atom. The van der Waals surface area contributed by atoms with Gasteiger partial charge in [0.15, 0.2) is 5.75 Å². The number of rotatable bonds is 2. The maximum atomic E-state index is 11.4. The number of amides is 1. The van der Waals surface area contributed by atoms with Crippen LogP contribution < -0.4 is 5.32 Å². The number of halogens is 2. The fraction of sp³-hybridized carbons (Fsp3) is 0.300. The molecule has 1 rings (SSSR count). The first-order valence-electron chi connectivity index (χ1n) is 4.40. The van der Waals surface area contributed by atoms with Crippen molar-refractivity contribution in [3.63, 3.8) is 0 Å². The molecule has 1 aromatic carbocycles. The fourth-order valence-electron chi connectivity index (χ4n) is 0.924. The van der Waals surface area contributed by atoms with Crippen molar-refractivity contribution in [1.82, 2.24) is 0 Å². The van der Waals surface area contributed by atoms with Gasteiger partial charge in [-0.25, -0.2) is 0 Å². The number of nitrogens with one attached hydrogen (secondary N) is 1. The highest BCUT2D eigenvalue weighted by Crippen LogP contribution is 2.34. The van der Waals surface area contributed by atoms with E-state index in [0.29, 0.717) is 5.69 Å². The zero-order chi connectivity index (χ0) is 11.6. The number of hydrogen-bond donors (Lipinski definition) is 2. The summed E-state index contributed by atoms with van der Waals surface area (Å²) in [4.78, 5) is 11.4. The van der Waals surface area contributed by atoms with E-state index in [1.165, 1.54) is 12.1 Å². The highest BCUT2D eigenvalue weighted by Gasteiger charge is 2.10. The molecule has 0 fully saturated rings. The molecule has 0 aliphatic rings. The van der Waals surface area contributed by atoms with Gasteiger partial charge in [0.05, 0.1) is 10.0 Å². The maximum Gasteiger partial charge on any atom is 0.226 e. The third-order valence-electron chi connectivity index (χ3n) is 1.81. The van der Waals surface area contributed by atoms with Crippen molar-refractivity contribution < 1.29 is 9.90 Å². The van der Waals surface area contributed by atoms with Crippen molar-refractivity contribution in [2.45, 2.75) is 13.8 Å². The van der Waals surface area contributed by atoms with E-state index in [1.54, 1.807) is 13.8 Å². The van der Waals surface area contributed by atoms with Gasteiger partial charge < -0.3 is 10.4 Å². The summed E-state index contributed by atoms with van der Waals surface area (Å²) < 4.78 is 0. The number of benzene rings is 1. The Kier molecular flexibility index (Phi) is 3.83. The van der Waals surface area contributed by atoms with Gasteiger partial charge in [-0.1, -0.05) is 37.0 Å². The smallest absolute Gasteiger partial charge is 0.226 e. The first-order chi connectivity index (χ1) is 6.91. The van der Waals surface area contributed by atoms with E-state index in [9.17, 15) is 9.90 Å². The molecule has 0 saturated heterocycles. The molecule has 0 saturated carbocycles. The molecule has 0 bridgehead atoms. The Labute approximate surface area is 98.0 Å². The van der Waals surface area contributed by atoms with Crippen molar-refractivity contribution in [2.24, 2.45) is 5.92 Å². The Morgan fingerprint density at radius 2 is 1.80 bits per heavy atom. The average Bonchev–Trinajstić information content (AvgIpc) is 2.13. The van der Waals surface area contributed by atoms with Gasteiger partial charge in [-0.05, 0) is 12.1 Å². The van der Waals surface area contributed by atoms with Crippen LogP contribution in [0.3, 0.4) is 0 Å². The third kappa shape index (κ3) is 3.01. The lowest BCUT2D eigenvalue weighted by atomic mass is 10.2. The Morgan fingerprint density at radius 1 is 1.33 bits per heavy atom. The number of phenols is 1. The molecule has 0 heterocycles. The van der Waals surface area contributed by atoms with Crippen LogP contribution in [0.2, 0.25) is 10.0 Å². The number of phenolic OH excluding ortho intramolecular Hbond substituents is 1. The molecule has 0 atom stereocenters. The van der Waals surface area contributed by atoms with Gasteiger partial charge in [-0.15, -0.1) is 0 Å². The van der Waals surface area contributed by atoms with Crippen LogP contribution >= 0.6 is 23.2 Å². The predicted molar refractivity (Wildman–Crippen MR) is 61.6 cm³/mol. The van der Waals surface area contributed by atoms with E-state index >= 15 is 0 Å². The predicted octanol–water partition coefficient (Wildman–Crippen LogP) is 3.29. The van der Waals surface area contributed by atoms with Crippen LogP contribution in [-0.2, 0) is 4.79 Å². The van der Waals surface area contributed by atoms with Crippen molar-refractivity contribution >= 4 is 34.8 Å². The molecule has 0 aromatic heterocycles. The lowest BCUT2D eigenvalue weighted by molar-refractivity contribution is -0.118. The zero-order valence-corrected chi connectivity index (χ0v) is 9.86. The van der Waals surface area contributed by atoms with Crippen molar-refractivity contribution in [1.29, 1.82) is 0 Å². The van der Waals surface area contributed by atoms with Crippen molar-refractivity contribution in [3.8, 4) is 5.75 Å². The van der Waals surface area contributed by atoms with Gasteiger partial charge in [0, 0.05) is 11.6 Å². The normalized spacial score (nSPS) is 10.5. The maximum absolute atomic E-state index is 11.4. The van der Waals surface area contributed by atoms with Crippen LogP contribution in [0.5, 0.6) is 5.75 Å². The lowest BCUT2D eigenvalue weighted by Crippen LogP contribution is -2.17. The highest BCUT2D eigenvalue weighted by molar-refractivity contribution is 6.37. The molecule has 2 N–H and O–H groups in total. The SMILES string of the molecule is CC(C)C(=O)Nc1cc(Cl)c(O)c(Cl)c1. The summed E-state index contributed by atoms with van der Waals surface area (Å²) in [6, 6.07) is 2.89. The molecule has 0 aliphatic carbocycles. The largest absolute Gasteiger partial charge is 0.505 e. The van der Waals surface area contributed by atoms with E-state index < -0.39 is 0 Å². The second-order valence-corrected chi connectivity index (χ2v) is 4.25. The summed E-state index contributed by atoms with van der Waals surface area (Å²) in [6.45, 7) is 3.55. The van der Waals surface area contributed by atoms with Crippen LogP contribution in [0.25, 0.3) is 0 Å². The Balaban J connectivity index is 2.93. The molecular weight excluding hydrogens is 237 g/mol. The van der Waals surface area contributed by atoms with Gasteiger partial charge in [0.2, 0.25) is 5.91 Å². The molecule has 0 spiro atoms. The second-order valence-electron chi connectivity index (χ2n) is 3.43. The minimum Gasteiger partial charge on any atom is -0.505 e. The number of carbonyl (C=O) groups is 1. The Bertz CT molecular complexity index is 368. The van der Waals surface area contributed by atoms with Crippen LogP contribution in [0.1, 0.15) is 13.8 Å². The van der Waals surface area contributed by atoms with E-state index in [-0.39, 0.29) is 27.6 Å². The number of anilines is 1. The summed E-state index contributed by atoms with van der Waals surface area (Å²) in [7, 11) is 0. The zero-order valence-electron chi connectivity index (χ0n) is 8.34.